The lowest BCUT2D eigenvalue weighted by Gasteiger charge is -2.10. The largest absolute Gasteiger partial charge is 0.497 e. The fourth-order valence-corrected chi connectivity index (χ4v) is 1.64. The maximum absolute atomic E-state index is 5.73. The van der Waals surface area contributed by atoms with Crippen LogP contribution in [-0.4, -0.2) is 46.5 Å². The number of benzene rings is 1. The lowest BCUT2D eigenvalue weighted by molar-refractivity contribution is 0.0644. The normalized spacial score (nSPS) is 9.86. The standard InChI is InChI=1S/C16H21ClO4/c1-18-11-12-20-9-4-10-21-16-7-6-15(19-2)13-14(16)5-3-8-17/h6-7,13H,4,8-12H2,1-2H3. The van der Waals surface area contributed by atoms with E-state index in [9.17, 15) is 0 Å². The van der Waals surface area contributed by atoms with Crippen molar-refractivity contribution in [3.05, 3.63) is 23.8 Å². The molecule has 0 aliphatic heterocycles. The Bertz CT molecular complexity index is 465. The molecule has 0 bridgehead atoms. The first kappa shape index (κ1) is 17.6. The molecule has 0 atom stereocenters. The van der Waals surface area contributed by atoms with Crippen molar-refractivity contribution in [2.45, 2.75) is 6.42 Å². The summed E-state index contributed by atoms with van der Waals surface area (Å²) in [5.74, 6) is 7.54. The Morgan fingerprint density at radius 2 is 1.95 bits per heavy atom. The second-order valence-corrected chi connectivity index (χ2v) is 4.37. The van der Waals surface area contributed by atoms with Gasteiger partial charge in [-0.15, -0.1) is 11.6 Å². The van der Waals surface area contributed by atoms with Gasteiger partial charge in [0.2, 0.25) is 0 Å². The highest BCUT2D eigenvalue weighted by Gasteiger charge is 2.03. The van der Waals surface area contributed by atoms with Gasteiger partial charge in [-0.05, 0) is 18.2 Å². The van der Waals surface area contributed by atoms with Gasteiger partial charge >= 0.3 is 0 Å². The van der Waals surface area contributed by atoms with Crippen molar-refractivity contribution < 1.29 is 18.9 Å². The molecule has 0 radical (unpaired) electrons. The number of methoxy groups -OCH3 is 2. The van der Waals surface area contributed by atoms with Crippen LogP contribution in [0, 0.1) is 11.8 Å². The van der Waals surface area contributed by atoms with Crippen molar-refractivity contribution in [3.63, 3.8) is 0 Å². The molecule has 4 nitrogen and oxygen atoms in total. The minimum absolute atomic E-state index is 0.282. The summed E-state index contributed by atoms with van der Waals surface area (Å²) in [5, 5.41) is 0. The molecule has 116 valence electrons. The van der Waals surface area contributed by atoms with E-state index < -0.39 is 0 Å². The summed E-state index contributed by atoms with van der Waals surface area (Å²) in [7, 11) is 3.27. The van der Waals surface area contributed by atoms with E-state index in [2.05, 4.69) is 11.8 Å². The van der Waals surface area contributed by atoms with E-state index in [1.807, 2.05) is 18.2 Å². The second-order valence-electron chi connectivity index (χ2n) is 4.10. The van der Waals surface area contributed by atoms with Crippen LogP contribution in [0.5, 0.6) is 11.5 Å². The van der Waals surface area contributed by atoms with Crippen LogP contribution in [0.2, 0.25) is 0 Å². The van der Waals surface area contributed by atoms with Crippen LogP contribution in [0.25, 0.3) is 0 Å². The quantitative estimate of drug-likeness (QED) is 0.399. The SMILES string of the molecule is COCCOCCCOc1ccc(OC)cc1C#CCCl. The molecule has 0 aliphatic rings. The van der Waals surface area contributed by atoms with E-state index in [0.29, 0.717) is 26.4 Å². The maximum Gasteiger partial charge on any atom is 0.135 e. The zero-order chi connectivity index (χ0) is 15.3. The molecule has 0 amide bonds. The highest BCUT2D eigenvalue weighted by Crippen LogP contribution is 2.23. The average molecular weight is 313 g/mol. The second kappa shape index (κ2) is 11.3. The predicted molar refractivity (Wildman–Crippen MR) is 83.4 cm³/mol. The highest BCUT2D eigenvalue weighted by atomic mass is 35.5. The molecule has 21 heavy (non-hydrogen) atoms. The monoisotopic (exact) mass is 312 g/mol. The predicted octanol–water partition coefficient (Wildman–Crippen LogP) is 2.72. The molecule has 0 saturated heterocycles. The summed E-state index contributed by atoms with van der Waals surface area (Å²) in [6.45, 7) is 2.42. The van der Waals surface area contributed by atoms with Gasteiger partial charge in [-0.1, -0.05) is 11.8 Å². The van der Waals surface area contributed by atoms with Gasteiger partial charge in [0.25, 0.3) is 0 Å². The third kappa shape index (κ3) is 7.24. The first-order valence-electron chi connectivity index (χ1n) is 6.74. The Balaban J connectivity index is 2.46. The Morgan fingerprint density at radius 3 is 2.67 bits per heavy atom. The van der Waals surface area contributed by atoms with Crippen LogP contribution < -0.4 is 9.47 Å². The zero-order valence-corrected chi connectivity index (χ0v) is 13.2. The number of ether oxygens (including phenoxy) is 4. The van der Waals surface area contributed by atoms with Gasteiger partial charge in [0.15, 0.2) is 0 Å². The summed E-state index contributed by atoms with van der Waals surface area (Å²) in [6.07, 6.45) is 0.804. The van der Waals surface area contributed by atoms with Crippen molar-refractivity contribution in [3.8, 4) is 23.3 Å². The highest BCUT2D eigenvalue weighted by molar-refractivity contribution is 6.19. The van der Waals surface area contributed by atoms with Crippen LogP contribution >= 0.6 is 11.6 Å². The Hall–Kier alpha value is -1.41. The lowest BCUT2D eigenvalue weighted by atomic mass is 10.2. The Kier molecular flexibility index (Phi) is 9.47. The average Bonchev–Trinajstić information content (AvgIpc) is 2.52. The maximum atomic E-state index is 5.73. The third-order valence-corrected chi connectivity index (χ3v) is 2.73. The van der Waals surface area contributed by atoms with E-state index in [-0.39, 0.29) is 5.88 Å². The molecule has 1 aromatic rings. The third-order valence-electron chi connectivity index (χ3n) is 2.60. The lowest BCUT2D eigenvalue weighted by Crippen LogP contribution is -2.07. The molecular formula is C16H21ClO4. The van der Waals surface area contributed by atoms with Crippen molar-refractivity contribution >= 4 is 11.6 Å². The Labute approximate surface area is 131 Å². The molecule has 5 heteroatoms. The number of hydrogen-bond acceptors (Lipinski definition) is 4. The van der Waals surface area contributed by atoms with Gasteiger partial charge in [-0.3, -0.25) is 0 Å². The molecule has 0 unspecified atom stereocenters. The van der Waals surface area contributed by atoms with Crippen molar-refractivity contribution in [1.29, 1.82) is 0 Å². The molecule has 0 aromatic heterocycles. The summed E-state index contributed by atoms with van der Waals surface area (Å²) in [4.78, 5) is 0. The molecule has 0 N–H and O–H groups in total. The molecule has 0 spiro atoms. The minimum Gasteiger partial charge on any atom is -0.497 e. The topological polar surface area (TPSA) is 36.9 Å². The molecule has 0 saturated carbocycles. The van der Waals surface area contributed by atoms with Gasteiger partial charge in [-0.2, -0.15) is 0 Å². The minimum atomic E-state index is 0.282. The van der Waals surface area contributed by atoms with Crippen LogP contribution in [0.1, 0.15) is 12.0 Å². The molecule has 0 aliphatic carbocycles. The molecular weight excluding hydrogens is 292 g/mol. The van der Waals surface area contributed by atoms with Gasteiger partial charge in [0.1, 0.15) is 11.5 Å². The van der Waals surface area contributed by atoms with Crippen LogP contribution in [0.15, 0.2) is 18.2 Å². The fourth-order valence-electron chi connectivity index (χ4n) is 1.58. The summed E-state index contributed by atoms with van der Waals surface area (Å²) in [6, 6.07) is 5.53. The first-order chi connectivity index (χ1) is 10.3. The molecule has 1 aromatic carbocycles. The van der Waals surface area contributed by atoms with E-state index in [0.717, 1.165) is 23.5 Å². The van der Waals surface area contributed by atoms with Gasteiger partial charge in [-0.25, -0.2) is 0 Å². The number of hydrogen-bond donors (Lipinski definition) is 0. The van der Waals surface area contributed by atoms with Gasteiger partial charge in [0, 0.05) is 20.1 Å². The summed E-state index contributed by atoms with van der Waals surface area (Å²) < 4.78 is 21.2. The van der Waals surface area contributed by atoms with Crippen molar-refractivity contribution in [2.24, 2.45) is 0 Å². The summed E-state index contributed by atoms with van der Waals surface area (Å²) >= 11 is 5.59. The first-order valence-corrected chi connectivity index (χ1v) is 7.27. The van der Waals surface area contributed by atoms with Crippen LogP contribution in [0.4, 0.5) is 0 Å². The van der Waals surface area contributed by atoms with Gasteiger partial charge in [0.05, 0.1) is 38.4 Å². The fraction of sp³-hybridized carbons (Fsp3) is 0.500. The molecule has 0 heterocycles. The molecule has 0 fully saturated rings. The summed E-state index contributed by atoms with van der Waals surface area (Å²) in [5.41, 5.74) is 0.773. The van der Waals surface area contributed by atoms with Crippen LogP contribution in [-0.2, 0) is 9.47 Å². The molecule has 1 rings (SSSR count). The number of alkyl halides is 1. The smallest absolute Gasteiger partial charge is 0.135 e. The number of rotatable bonds is 9. The zero-order valence-electron chi connectivity index (χ0n) is 12.5. The van der Waals surface area contributed by atoms with E-state index >= 15 is 0 Å². The van der Waals surface area contributed by atoms with Crippen molar-refractivity contribution in [1.82, 2.24) is 0 Å². The van der Waals surface area contributed by atoms with Crippen LogP contribution in [0.3, 0.4) is 0 Å². The Morgan fingerprint density at radius 1 is 1.10 bits per heavy atom. The number of halogens is 1. The van der Waals surface area contributed by atoms with E-state index in [4.69, 9.17) is 30.5 Å². The van der Waals surface area contributed by atoms with E-state index in [1.165, 1.54) is 0 Å². The van der Waals surface area contributed by atoms with E-state index in [1.54, 1.807) is 14.2 Å². The van der Waals surface area contributed by atoms with Gasteiger partial charge < -0.3 is 18.9 Å². The van der Waals surface area contributed by atoms with Crippen molar-refractivity contribution in [2.75, 3.05) is 46.5 Å².